The van der Waals surface area contributed by atoms with Crippen LogP contribution in [0, 0.1) is 0 Å². The monoisotopic (exact) mass is 261 g/mol. The Kier molecular flexibility index (Phi) is 5.06. The van der Waals surface area contributed by atoms with Gasteiger partial charge >= 0.3 is 0 Å². The van der Waals surface area contributed by atoms with E-state index in [4.69, 9.17) is 23.2 Å². The van der Waals surface area contributed by atoms with E-state index < -0.39 is 0 Å². The van der Waals surface area contributed by atoms with E-state index in [-0.39, 0.29) is 12.1 Å². The summed E-state index contributed by atoms with van der Waals surface area (Å²) in [6, 6.07) is 5.55. The highest BCUT2D eigenvalue weighted by Crippen LogP contribution is 2.24. The lowest BCUT2D eigenvalue weighted by molar-refractivity contribution is 0.176. The number of hydrogen-bond acceptors (Lipinski definition) is 2. The molecule has 1 rings (SSSR count). The fraction of sp³-hybridized carbons (Fsp3) is 0.500. The molecule has 4 heteroatoms. The highest BCUT2D eigenvalue weighted by atomic mass is 35.5. The summed E-state index contributed by atoms with van der Waals surface area (Å²) in [6.07, 6.45) is 0.716. The zero-order chi connectivity index (χ0) is 12.2. The summed E-state index contributed by atoms with van der Waals surface area (Å²) in [7, 11) is 0. The summed E-state index contributed by atoms with van der Waals surface area (Å²) in [4.78, 5) is 0. The fourth-order valence-electron chi connectivity index (χ4n) is 1.70. The van der Waals surface area contributed by atoms with Gasteiger partial charge in [-0.2, -0.15) is 0 Å². The third-order valence-electron chi connectivity index (χ3n) is 2.53. The Morgan fingerprint density at radius 1 is 1.31 bits per heavy atom. The van der Waals surface area contributed by atoms with Crippen LogP contribution in [-0.2, 0) is 6.42 Å². The minimum absolute atomic E-state index is 0.0844. The molecule has 2 N–H and O–H groups in total. The van der Waals surface area contributed by atoms with Crippen molar-refractivity contribution in [2.24, 2.45) is 0 Å². The molecule has 1 atom stereocenters. The number of aliphatic hydroxyl groups is 1. The number of rotatable bonds is 5. The number of benzene rings is 1. The molecule has 1 aromatic carbocycles. The molecule has 0 amide bonds. The average Bonchev–Trinajstić information content (AvgIpc) is 2.24. The van der Waals surface area contributed by atoms with Crippen LogP contribution in [0.4, 0.5) is 0 Å². The van der Waals surface area contributed by atoms with E-state index >= 15 is 0 Å². The fourth-order valence-corrected chi connectivity index (χ4v) is 2.02. The molecule has 0 aliphatic carbocycles. The summed E-state index contributed by atoms with van der Waals surface area (Å²) < 4.78 is 0. The number of aliphatic hydroxyl groups excluding tert-OH is 1. The van der Waals surface area contributed by atoms with Gasteiger partial charge in [0.15, 0.2) is 0 Å². The molecule has 1 aromatic rings. The second-order valence-electron chi connectivity index (χ2n) is 4.17. The highest BCUT2D eigenvalue weighted by Gasteiger charge is 2.22. The smallest absolute Gasteiger partial charge is 0.0613 e. The molecule has 0 aromatic heterocycles. The van der Waals surface area contributed by atoms with Gasteiger partial charge in [0, 0.05) is 5.54 Å². The molecule has 0 unspecified atom stereocenters. The van der Waals surface area contributed by atoms with Gasteiger partial charge in [0.1, 0.15) is 0 Å². The lowest BCUT2D eigenvalue weighted by Gasteiger charge is -2.28. The van der Waals surface area contributed by atoms with Crippen molar-refractivity contribution in [1.82, 2.24) is 5.32 Å². The van der Waals surface area contributed by atoms with Gasteiger partial charge in [-0.3, -0.25) is 0 Å². The van der Waals surface area contributed by atoms with Gasteiger partial charge in [-0.15, -0.1) is 0 Å². The Labute approximate surface area is 107 Å². The molecule has 0 radical (unpaired) electrons. The van der Waals surface area contributed by atoms with Crippen molar-refractivity contribution in [2.45, 2.75) is 25.8 Å². The second kappa shape index (κ2) is 5.87. The van der Waals surface area contributed by atoms with Gasteiger partial charge in [0.25, 0.3) is 0 Å². The number of hydrogen-bond donors (Lipinski definition) is 2. The SMILES string of the molecule is CCN[C@@](C)(CO)Cc1ccc(Cl)c(Cl)c1. The first-order chi connectivity index (χ1) is 7.50. The molecule has 0 spiro atoms. The average molecular weight is 262 g/mol. The zero-order valence-electron chi connectivity index (χ0n) is 9.56. The van der Waals surface area contributed by atoms with Gasteiger partial charge in [-0.05, 0) is 37.6 Å². The molecule has 16 heavy (non-hydrogen) atoms. The first-order valence-electron chi connectivity index (χ1n) is 5.30. The third kappa shape index (κ3) is 3.63. The maximum Gasteiger partial charge on any atom is 0.0613 e. The van der Waals surface area contributed by atoms with Gasteiger partial charge < -0.3 is 10.4 Å². The topological polar surface area (TPSA) is 32.3 Å². The number of likely N-dealkylation sites (N-methyl/N-ethyl adjacent to an activating group) is 1. The van der Waals surface area contributed by atoms with Gasteiger partial charge in [-0.25, -0.2) is 0 Å². The molecule has 0 saturated carbocycles. The number of nitrogens with one attached hydrogen (secondary N) is 1. The lowest BCUT2D eigenvalue weighted by atomic mass is 9.93. The van der Waals surface area contributed by atoms with Crippen molar-refractivity contribution >= 4 is 23.2 Å². The summed E-state index contributed by atoms with van der Waals surface area (Å²) in [5.41, 5.74) is 0.748. The van der Waals surface area contributed by atoms with Crippen LogP contribution in [0.2, 0.25) is 10.0 Å². The molecule has 0 fully saturated rings. The van der Waals surface area contributed by atoms with Crippen molar-refractivity contribution in [3.63, 3.8) is 0 Å². The van der Waals surface area contributed by atoms with Crippen LogP contribution in [0.5, 0.6) is 0 Å². The molecular weight excluding hydrogens is 245 g/mol. The summed E-state index contributed by atoms with van der Waals surface area (Å²) in [5, 5.41) is 13.8. The minimum Gasteiger partial charge on any atom is -0.394 e. The van der Waals surface area contributed by atoms with E-state index in [0.717, 1.165) is 12.1 Å². The summed E-state index contributed by atoms with van der Waals surface area (Å²) >= 11 is 11.8. The van der Waals surface area contributed by atoms with E-state index in [1.165, 1.54) is 0 Å². The number of halogens is 2. The first-order valence-corrected chi connectivity index (χ1v) is 6.06. The third-order valence-corrected chi connectivity index (χ3v) is 3.27. The predicted molar refractivity (Wildman–Crippen MR) is 69.3 cm³/mol. The standard InChI is InChI=1S/C12H17Cl2NO/c1-3-15-12(2,8-16)7-9-4-5-10(13)11(14)6-9/h4-6,15-16H,3,7-8H2,1-2H3/t12-/m1/s1. The van der Waals surface area contributed by atoms with Crippen molar-refractivity contribution in [1.29, 1.82) is 0 Å². The van der Waals surface area contributed by atoms with Crippen LogP contribution in [0.3, 0.4) is 0 Å². The van der Waals surface area contributed by atoms with Crippen LogP contribution in [0.15, 0.2) is 18.2 Å². The first kappa shape index (κ1) is 13.8. The Morgan fingerprint density at radius 2 is 2.00 bits per heavy atom. The Hall–Kier alpha value is -0.280. The van der Waals surface area contributed by atoms with Crippen LogP contribution >= 0.6 is 23.2 Å². The zero-order valence-corrected chi connectivity index (χ0v) is 11.1. The van der Waals surface area contributed by atoms with E-state index in [2.05, 4.69) is 5.32 Å². The van der Waals surface area contributed by atoms with Crippen LogP contribution < -0.4 is 5.32 Å². The molecular formula is C12H17Cl2NO. The van der Waals surface area contributed by atoms with Crippen molar-refractivity contribution in [2.75, 3.05) is 13.2 Å². The van der Waals surface area contributed by atoms with Gasteiger partial charge in [0.05, 0.1) is 16.7 Å². The molecule has 0 bridgehead atoms. The Morgan fingerprint density at radius 3 is 2.50 bits per heavy atom. The van der Waals surface area contributed by atoms with Crippen molar-refractivity contribution in [3.05, 3.63) is 33.8 Å². The van der Waals surface area contributed by atoms with Crippen LogP contribution in [0.1, 0.15) is 19.4 Å². The van der Waals surface area contributed by atoms with E-state index in [9.17, 15) is 5.11 Å². The van der Waals surface area contributed by atoms with Crippen LogP contribution in [-0.4, -0.2) is 23.8 Å². The maximum atomic E-state index is 9.38. The van der Waals surface area contributed by atoms with E-state index in [0.29, 0.717) is 16.5 Å². The second-order valence-corrected chi connectivity index (χ2v) is 4.99. The molecule has 0 aliphatic rings. The summed E-state index contributed by atoms with van der Waals surface area (Å²) in [5.74, 6) is 0. The molecule has 0 aliphatic heterocycles. The minimum atomic E-state index is -0.314. The highest BCUT2D eigenvalue weighted by molar-refractivity contribution is 6.42. The normalized spacial score (nSPS) is 14.8. The summed E-state index contributed by atoms with van der Waals surface area (Å²) in [6.45, 7) is 4.90. The van der Waals surface area contributed by atoms with E-state index in [1.807, 2.05) is 26.0 Å². The lowest BCUT2D eigenvalue weighted by Crippen LogP contribution is -2.47. The van der Waals surface area contributed by atoms with Crippen molar-refractivity contribution in [3.8, 4) is 0 Å². The quantitative estimate of drug-likeness (QED) is 0.855. The van der Waals surface area contributed by atoms with Gasteiger partial charge in [-0.1, -0.05) is 36.2 Å². The molecule has 0 saturated heterocycles. The Bertz CT molecular complexity index is 357. The van der Waals surface area contributed by atoms with E-state index in [1.54, 1.807) is 6.07 Å². The molecule has 90 valence electrons. The Balaban J connectivity index is 2.81. The largest absolute Gasteiger partial charge is 0.394 e. The van der Waals surface area contributed by atoms with Crippen molar-refractivity contribution < 1.29 is 5.11 Å². The van der Waals surface area contributed by atoms with Crippen LogP contribution in [0.25, 0.3) is 0 Å². The maximum absolute atomic E-state index is 9.38. The predicted octanol–water partition coefficient (Wildman–Crippen LogP) is 2.90. The van der Waals surface area contributed by atoms with Gasteiger partial charge in [0.2, 0.25) is 0 Å². The molecule has 2 nitrogen and oxygen atoms in total. The molecule has 0 heterocycles.